The summed E-state index contributed by atoms with van der Waals surface area (Å²) in [6.45, 7) is 5.42. The molecule has 1 fully saturated rings. The summed E-state index contributed by atoms with van der Waals surface area (Å²) in [5.74, 6) is 5.65. The molecule has 0 aromatic rings. The van der Waals surface area contributed by atoms with Crippen molar-refractivity contribution >= 4 is 0 Å². The lowest BCUT2D eigenvalue weighted by Crippen LogP contribution is -2.43. The van der Waals surface area contributed by atoms with Gasteiger partial charge >= 0.3 is 0 Å². The summed E-state index contributed by atoms with van der Waals surface area (Å²) in [6, 6.07) is 0. The van der Waals surface area contributed by atoms with E-state index in [1.54, 1.807) is 0 Å². The molecular weight excluding hydrogens is 100 g/mol. The van der Waals surface area contributed by atoms with Crippen LogP contribution in [0.4, 0.5) is 0 Å². The molecule has 1 aliphatic heterocycles. The predicted octanol–water partition coefficient (Wildman–Crippen LogP) is 0.734. The van der Waals surface area contributed by atoms with Crippen LogP contribution >= 0.6 is 0 Å². The molecule has 8 heavy (non-hydrogen) atoms. The molecule has 0 aliphatic carbocycles. The molecule has 0 radical (unpaired) electrons. The molecule has 1 heterocycles. The average Bonchev–Trinajstić information content (AvgIpc) is 1.86. The Labute approximate surface area is 50.6 Å². The molecule has 0 amide bonds. The van der Waals surface area contributed by atoms with E-state index in [9.17, 15) is 0 Å². The van der Waals surface area contributed by atoms with Crippen LogP contribution in [0.25, 0.3) is 0 Å². The smallest absolute Gasteiger partial charge is 0.0296 e. The lowest BCUT2D eigenvalue weighted by Gasteiger charge is -2.26. The number of hydrazine groups is 1. The highest BCUT2D eigenvalue weighted by atomic mass is 15.4. The van der Waals surface area contributed by atoms with Gasteiger partial charge in [0.05, 0.1) is 0 Å². The van der Waals surface area contributed by atoms with E-state index in [-0.39, 0.29) is 5.54 Å². The van der Waals surface area contributed by atoms with Gasteiger partial charge < -0.3 is 0 Å². The number of hydrogen-bond acceptors (Lipinski definition) is 2. The Balaban J connectivity index is 2.54. The molecule has 1 aliphatic rings. The quantitative estimate of drug-likeness (QED) is 0.470. The van der Waals surface area contributed by atoms with Gasteiger partial charge in [-0.05, 0) is 26.7 Å². The van der Waals surface area contributed by atoms with Crippen LogP contribution in [0.5, 0.6) is 0 Å². The van der Waals surface area contributed by atoms with Crippen molar-refractivity contribution in [2.24, 2.45) is 5.84 Å². The van der Waals surface area contributed by atoms with Crippen molar-refractivity contribution in [2.75, 3.05) is 6.54 Å². The van der Waals surface area contributed by atoms with Crippen LogP contribution in [-0.4, -0.2) is 17.1 Å². The minimum absolute atomic E-state index is 0.264. The van der Waals surface area contributed by atoms with E-state index >= 15 is 0 Å². The summed E-state index contributed by atoms with van der Waals surface area (Å²) in [4.78, 5) is 0. The van der Waals surface area contributed by atoms with Crippen molar-refractivity contribution in [1.29, 1.82) is 0 Å². The molecule has 0 saturated carbocycles. The Hall–Kier alpha value is -0.0800. The first-order valence-electron chi connectivity index (χ1n) is 3.15. The maximum atomic E-state index is 5.65. The van der Waals surface area contributed by atoms with Crippen LogP contribution in [0.2, 0.25) is 0 Å². The van der Waals surface area contributed by atoms with E-state index in [4.69, 9.17) is 5.84 Å². The Morgan fingerprint density at radius 1 is 1.50 bits per heavy atom. The predicted molar refractivity (Wildman–Crippen MR) is 34.2 cm³/mol. The molecule has 48 valence electrons. The molecule has 0 spiro atoms. The largest absolute Gasteiger partial charge is 0.268 e. The Morgan fingerprint density at radius 2 is 2.12 bits per heavy atom. The summed E-state index contributed by atoms with van der Waals surface area (Å²) in [5.41, 5.74) is 0.264. The standard InChI is InChI=1S/C6H14N2/c1-6(2)4-3-5-8(6)7/h3-5,7H2,1-2H3. The van der Waals surface area contributed by atoms with Crippen LogP contribution in [0.1, 0.15) is 26.7 Å². The first-order valence-corrected chi connectivity index (χ1v) is 3.15. The number of nitrogens with zero attached hydrogens (tertiary/aromatic N) is 1. The molecule has 2 heteroatoms. The second-order valence-corrected chi connectivity index (χ2v) is 3.11. The molecule has 2 N–H and O–H groups in total. The fourth-order valence-electron chi connectivity index (χ4n) is 1.13. The molecule has 0 aromatic heterocycles. The average molecular weight is 114 g/mol. The summed E-state index contributed by atoms with van der Waals surface area (Å²) in [7, 11) is 0. The summed E-state index contributed by atoms with van der Waals surface area (Å²) in [6.07, 6.45) is 2.49. The fourth-order valence-corrected chi connectivity index (χ4v) is 1.13. The summed E-state index contributed by atoms with van der Waals surface area (Å²) < 4.78 is 0. The third kappa shape index (κ3) is 0.858. The second-order valence-electron chi connectivity index (χ2n) is 3.11. The lowest BCUT2D eigenvalue weighted by atomic mass is 10.0. The zero-order valence-electron chi connectivity index (χ0n) is 5.65. The van der Waals surface area contributed by atoms with Crippen LogP contribution in [0.3, 0.4) is 0 Å². The lowest BCUT2D eigenvalue weighted by molar-refractivity contribution is 0.179. The normalized spacial score (nSPS) is 28.9. The Kier molecular flexibility index (Phi) is 1.29. The maximum absolute atomic E-state index is 5.65. The van der Waals surface area contributed by atoms with E-state index in [0.29, 0.717) is 0 Å². The number of hydrogen-bond donors (Lipinski definition) is 1. The van der Waals surface area contributed by atoms with Crippen LogP contribution < -0.4 is 5.84 Å². The van der Waals surface area contributed by atoms with Gasteiger partial charge in [0.2, 0.25) is 0 Å². The monoisotopic (exact) mass is 114 g/mol. The number of rotatable bonds is 0. The molecule has 0 bridgehead atoms. The van der Waals surface area contributed by atoms with Crippen LogP contribution in [-0.2, 0) is 0 Å². The van der Waals surface area contributed by atoms with E-state index < -0.39 is 0 Å². The Bertz CT molecular complexity index is 88.5. The molecule has 0 aromatic carbocycles. The van der Waals surface area contributed by atoms with Gasteiger partial charge in [-0.2, -0.15) is 0 Å². The maximum Gasteiger partial charge on any atom is 0.0296 e. The zero-order chi connectivity index (χ0) is 6.20. The van der Waals surface area contributed by atoms with Crippen molar-refractivity contribution < 1.29 is 0 Å². The van der Waals surface area contributed by atoms with Crippen LogP contribution in [0.15, 0.2) is 0 Å². The van der Waals surface area contributed by atoms with Gasteiger partial charge in [-0.15, -0.1) is 0 Å². The highest BCUT2D eigenvalue weighted by Crippen LogP contribution is 2.23. The highest BCUT2D eigenvalue weighted by Gasteiger charge is 2.28. The molecule has 0 unspecified atom stereocenters. The SMILES string of the molecule is CC1(C)CCCN1N. The molecule has 1 saturated heterocycles. The van der Waals surface area contributed by atoms with Gasteiger partial charge in [-0.25, -0.2) is 5.01 Å². The van der Waals surface area contributed by atoms with Gasteiger partial charge in [-0.3, -0.25) is 5.84 Å². The van der Waals surface area contributed by atoms with Gasteiger partial charge in [0.15, 0.2) is 0 Å². The van der Waals surface area contributed by atoms with Crippen molar-refractivity contribution in [3.8, 4) is 0 Å². The molecule has 1 rings (SSSR count). The molecule has 2 nitrogen and oxygen atoms in total. The first-order chi connectivity index (χ1) is 3.63. The van der Waals surface area contributed by atoms with Gasteiger partial charge in [0.25, 0.3) is 0 Å². The minimum atomic E-state index is 0.264. The third-order valence-corrected chi connectivity index (χ3v) is 1.97. The Morgan fingerprint density at radius 3 is 2.25 bits per heavy atom. The fraction of sp³-hybridized carbons (Fsp3) is 1.00. The van der Waals surface area contributed by atoms with Crippen molar-refractivity contribution in [3.05, 3.63) is 0 Å². The van der Waals surface area contributed by atoms with Crippen LogP contribution in [0, 0.1) is 0 Å². The van der Waals surface area contributed by atoms with E-state index in [1.807, 2.05) is 5.01 Å². The van der Waals surface area contributed by atoms with Gasteiger partial charge in [0.1, 0.15) is 0 Å². The van der Waals surface area contributed by atoms with Crippen molar-refractivity contribution in [3.63, 3.8) is 0 Å². The van der Waals surface area contributed by atoms with E-state index in [0.717, 1.165) is 6.54 Å². The first kappa shape index (κ1) is 6.05. The van der Waals surface area contributed by atoms with Crippen molar-refractivity contribution in [1.82, 2.24) is 5.01 Å². The molecular formula is C6H14N2. The third-order valence-electron chi connectivity index (χ3n) is 1.97. The number of nitrogens with two attached hydrogens (primary N) is 1. The van der Waals surface area contributed by atoms with E-state index in [2.05, 4.69) is 13.8 Å². The minimum Gasteiger partial charge on any atom is -0.268 e. The highest BCUT2D eigenvalue weighted by molar-refractivity contribution is 4.83. The molecule has 0 atom stereocenters. The summed E-state index contributed by atoms with van der Waals surface area (Å²) >= 11 is 0. The van der Waals surface area contributed by atoms with Gasteiger partial charge in [-0.1, -0.05) is 0 Å². The summed E-state index contributed by atoms with van der Waals surface area (Å²) in [5, 5.41) is 1.92. The van der Waals surface area contributed by atoms with Crippen molar-refractivity contribution in [2.45, 2.75) is 32.2 Å². The van der Waals surface area contributed by atoms with E-state index in [1.165, 1.54) is 12.8 Å². The second kappa shape index (κ2) is 1.71. The topological polar surface area (TPSA) is 29.3 Å². The van der Waals surface area contributed by atoms with Gasteiger partial charge in [0, 0.05) is 12.1 Å². The zero-order valence-corrected chi connectivity index (χ0v) is 5.65.